The van der Waals surface area contributed by atoms with E-state index in [2.05, 4.69) is 10.1 Å². The van der Waals surface area contributed by atoms with Gasteiger partial charge in [0, 0.05) is 13.1 Å². The Kier molecular flexibility index (Phi) is 4.17. The Bertz CT molecular complexity index is 300. The van der Waals surface area contributed by atoms with Crippen molar-refractivity contribution in [3.05, 3.63) is 0 Å². The topological polar surface area (TPSA) is 88.1 Å². The molecule has 0 aromatic carbocycles. The maximum Gasteiger partial charge on any atom is 0.507 e. The van der Waals surface area contributed by atoms with Gasteiger partial charge in [-0.05, 0) is 20.8 Å². The summed E-state index contributed by atoms with van der Waals surface area (Å²) in [6.45, 7) is 6.42. The number of hydrogen-bond donors (Lipinski definition) is 2. The van der Waals surface area contributed by atoms with Crippen molar-refractivity contribution in [2.75, 3.05) is 19.6 Å². The Morgan fingerprint density at radius 3 is 2.59 bits per heavy atom. The molecule has 0 radical (unpaired) electrons. The SMILES string of the molecule is CC(C)(C)OC(=O)N1CCNC(OC(=O)O)C1. The first-order chi connectivity index (χ1) is 7.78. The number of nitrogens with one attached hydrogen (secondary N) is 1. The maximum atomic E-state index is 11.7. The lowest BCUT2D eigenvalue weighted by Gasteiger charge is -2.33. The lowest BCUT2D eigenvalue weighted by Crippen LogP contribution is -2.54. The van der Waals surface area contributed by atoms with E-state index in [1.807, 2.05) is 0 Å². The summed E-state index contributed by atoms with van der Waals surface area (Å²) in [5.74, 6) is 0. The molecule has 2 N–H and O–H groups in total. The highest BCUT2D eigenvalue weighted by atomic mass is 16.7. The average Bonchev–Trinajstić information content (AvgIpc) is 2.14. The molecule has 0 aliphatic carbocycles. The van der Waals surface area contributed by atoms with Crippen molar-refractivity contribution in [2.45, 2.75) is 32.6 Å². The Morgan fingerprint density at radius 2 is 2.06 bits per heavy atom. The highest BCUT2D eigenvalue weighted by molar-refractivity contribution is 5.68. The van der Waals surface area contributed by atoms with Crippen LogP contribution in [0.15, 0.2) is 0 Å². The highest BCUT2D eigenvalue weighted by Gasteiger charge is 2.28. The molecule has 0 aromatic heterocycles. The molecule has 1 saturated heterocycles. The number of carboxylic acid groups (broad SMARTS) is 1. The van der Waals surface area contributed by atoms with Crippen LogP contribution in [0, 0.1) is 0 Å². The van der Waals surface area contributed by atoms with Crippen molar-refractivity contribution in [3.63, 3.8) is 0 Å². The van der Waals surface area contributed by atoms with Crippen LogP contribution in [0.3, 0.4) is 0 Å². The number of carbonyl (C=O) groups excluding carboxylic acids is 1. The minimum absolute atomic E-state index is 0.154. The number of nitrogens with zero attached hydrogens (tertiary/aromatic N) is 1. The summed E-state index contributed by atoms with van der Waals surface area (Å²) in [7, 11) is 0. The Morgan fingerprint density at radius 1 is 1.41 bits per heavy atom. The molecule has 0 saturated carbocycles. The molecule has 1 aliphatic rings. The molecule has 0 bridgehead atoms. The van der Waals surface area contributed by atoms with Gasteiger partial charge in [0.05, 0.1) is 6.54 Å². The number of carbonyl (C=O) groups is 2. The van der Waals surface area contributed by atoms with Crippen LogP contribution in [0.4, 0.5) is 9.59 Å². The van der Waals surface area contributed by atoms with Crippen LogP contribution in [0.5, 0.6) is 0 Å². The zero-order valence-electron chi connectivity index (χ0n) is 10.2. The predicted octanol–water partition coefficient (Wildman–Crippen LogP) is 0.847. The van der Waals surface area contributed by atoms with Crippen molar-refractivity contribution in [2.24, 2.45) is 0 Å². The zero-order chi connectivity index (χ0) is 13.1. The quantitative estimate of drug-likeness (QED) is 0.667. The van der Waals surface area contributed by atoms with E-state index in [1.165, 1.54) is 4.90 Å². The Balaban J connectivity index is 2.49. The van der Waals surface area contributed by atoms with Crippen molar-refractivity contribution < 1.29 is 24.2 Å². The minimum atomic E-state index is -1.37. The number of hydrogen-bond acceptors (Lipinski definition) is 5. The van der Waals surface area contributed by atoms with Gasteiger partial charge in [0.15, 0.2) is 6.23 Å². The van der Waals surface area contributed by atoms with Crippen LogP contribution in [0.2, 0.25) is 0 Å². The van der Waals surface area contributed by atoms with Crippen LogP contribution in [-0.2, 0) is 9.47 Å². The second-order valence-corrected chi connectivity index (χ2v) is 4.75. The molecule has 0 spiro atoms. The molecule has 7 nitrogen and oxygen atoms in total. The molecule has 1 amide bonds. The molecule has 0 aromatic rings. The molecular weight excluding hydrogens is 228 g/mol. The van der Waals surface area contributed by atoms with Gasteiger partial charge in [-0.3, -0.25) is 5.32 Å². The molecule has 17 heavy (non-hydrogen) atoms. The van der Waals surface area contributed by atoms with Gasteiger partial charge in [-0.2, -0.15) is 0 Å². The fourth-order valence-electron chi connectivity index (χ4n) is 1.41. The number of rotatable bonds is 1. The van der Waals surface area contributed by atoms with E-state index in [-0.39, 0.29) is 6.54 Å². The van der Waals surface area contributed by atoms with E-state index in [4.69, 9.17) is 9.84 Å². The van der Waals surface area contributed by atoms with E-state index in [0.29, 0.717) is 13.1 Å². The van der Waals surface area contributed by atoms with Crippen molar-refractivity contribution in [1.29, 1.82) is 0 Å². The first-order valence-corrected chi connectivity index (χ1v) is 5.39. The second kappa shape index (κ2) is 5.22. The first-order valence-electron chi connectivity index (χ1n) is 5.39. The molecule has 1 aliphatic heterocycles. The van der Waals surface area contributed by atoms with Crippen LogP contribution >= 0.6 is 0 Å². The van der Waals surface area contributed by atoms with Gasteiger partial charge in [-0.1, -0.05) is 0 Å². The lowest BCUT2D eigenvalue weighted by atomic mass is 10.2. The van der Waals surface area contributed by atoms with Gasteiger partial charge in [0.2, 0.25) is 0 Å². The first kappa shape index (κ1) is 13.6. The summed E-state index contributed by atoms with van der Waals surface area (Å²) < 4.78 is 9.74. The minimum Gasteiger partial charge on any atom is -0.450 e. The number of ether oxygens (including phenoxy) is 2. The van der Waals surface area contributed by atoms with Gasteiger partial charge in [0.25, 0.3) is 0 Å². The third kappa shape index (κ3) is 4.90. The summed E-state index contributed by atoms with van der Waals surface area (Å²) >= 11 is 0. The standard InChI is InChI=1S/C10H18N2O5/c1-10(2,3)17-8(13)12-5-4-11-7(6-12)16-9(14)15/h7,11H,4-6H2,1-3H3,(H,14,15). The molecule has 7 heteroatoms. The van der Waals surface area contributed by atoms with Crippen LogP contribution < -0.4 is 5.32 Å². The van der Waals surface area contributed by atoms with Crippen molar-refractivity contribution in [3.8, 4) is 0 Å². The fraction of sp³-hybridized carbons (Fsp3) is 0.800. The molecular formula is C10H18N2O5. The lowest BCUT2D eigenvalue weighted by molar-refractivity contribution is -0.0172. The Hall–Kier alpha value is -1.50. The van der Waals surface area contributed by atoms with Gasteiger partial charge in [-0.25, -0.2) is 9.59 Å². The van der Waals surface area contributed by atoms with E-state index >= 15 is 0 Å². The van der Waals surface area contributed by atoms with Crippen LogP contribution in [0.25, 0.3) is 0 Å². The smallest absolute Gasteiger partial charge is 0.450 e. The van der Waals surface area contributed by atoms with Crippen LogP contribution in [-0.4, -0.2) is 53.7 Å². The summed E-state index contributed by atoms with van der Waals surface area (Å²) in [5.41, 5.74) is -0.564. The van der Waals surface area contributed by atoms with Crippen LogP contribution in [0.1, 0.15) is 20.8 Å². The van der Waals surface area contributed by atoms with Gasteiger partial charge < -0.3 is 19.5 Å². The van der Waals surface area contributed by atoms with E-state index < -0.39 is 24.1 Å². The van der Waals surface area contributed by atoms with Gasteiger partial charge >= 0.3 is 12.2 Å². The molecule has 1 rings (SSSR count). The third-order valence-electron chi connectivity index (χ3n) is 2.03. The number of amides is 1. The van der Waals surface area contributed by atoms with E-state index in [1.54, 1.807) is 20.8 Å². The predicted molar refractivity (Wildman–Crippen MR) is 58.7 cm³/mol. The molecule has 1 heterocycles. The number of piperazine rings is 1. The van der Waals surface area contributed by atoms with Gasteiger partial charge in [0.1, 0.15) is 5.60 Å². The third-order valence-corrected chi connectivity index (χ3v) is 2.03. The monoisotopic (exact) mass is 246 g/mol. The van der Waals surface area contributed by atoms with E-state index in [9.17, 15) is 9.59 Å². The molecule has 1 fully saturated rings. The zero-order valence-corrected chi connectivity index (χ0v) is 10.2. The Labute approximate surface area is 99.7 Å². The van der Waals surface area contributed by atoms with Gasteiger partial charge in [-0.15, -0.1) is 0 Å². The van der Waals surface area contributed by atoms with E-state index in [0.717, 1.165) is 0 Å². The highest BCUT2D eigenvalue weighted by Crippen LogP contribution is 2.11. The average molecular weight is 246 g/mol. The summed E-state index contributed by atoms with van der Waals surface area (Å²) in [6.07, 6.45) is -2.53. The molecule has 1 unspecified atom stereocenters. The molecule has 98 valence electrons. The maximum absolute atomic E-state index is 11.7. The summed E-state index contributed by atoms with van der Waals surface area (Å²) in [4.78, 5) is 23.5. The summed E-state index contributed by atoms with van der Waals surface area (Å²) in [5, 5.41) is 11.3. The largest absolute Gasteiger partial charge is 0.507 e. The normalized spacial score (nSPS) is 20.9. The van der Waals surface area contributed by atoms with Crippen molar-refractivity contribution >= 4 is 12.2 Å². The summed E-state index contributed by atoms with van der Waals surface area (Å²) in [6, 6.07) is 0. The second-order valence-electron chi connectivity index (χ2n) is 4.75. The fourth-order valence-corrected chi connectivity index (χ4v) is 1.41. The molecule has 1 atom stereocenters. The van der Waals surface area contributed by atoms with Crippen molar-refractivity contribution in [1.82, 2.24) is 10.2 Å².